The van der Waals surface area contributed by atoms with Gasteiger partial charge in [-0.3, -0.25) is 0 Å². The Hall–Kier alpha value is -3.70. The van der Waals surface area contributed by atoms with E-state index < -0.39 is 11.6 Å². The molecule has 0 saturated carbocycles. The minimum Gasteiger partial charge on any atom is -0.493 e. The fraction of sp³-hybridized carbons (Fsp3) is 0.0833. The smallest absolute Gasteiger partial charge is 0.161 e. The van der Waals surface area contributed by atoms with Crippen LogP contribution < -0.4 is 9.47 Å². The Kier molecular flexibility index (Phi) is 6.19. The van der Waals surface area contributed by atoms with E-state index in [-0.39, 0.29) is 6.61 Å². The van der Waals surface area contributed by atoms with Crippen LogP contribution in [-0.4, -0.2) is 17.1 Å². The Labute approximate surface area is 191 Å². The number of nitrogens with zero attached hydrogens (tertiary/aromatic N) is 2. The highest BCUT2D eigenvalue weighted by molar-refractivity contribution is 9.10. The van der Waals surface area contributed by atoms with Crippen LogP contribution in [0.4, 0.5) is 8.78 Å². The fourth-order valence-electron chi connectivity index (χ4n) is 3.15. The van der Waals surface area contributed by atoms with Crippen LogP contribution in [0.25, 0.3) is 22.6 Å². The average Bonchev–Trinajstić information content (AvgIpc) is 3.30. The molecule has 1 heterocycles. The first kappa shape index (κ1) is 21.5. The first-order valence-electron chi connectivity index (χ1n) is 9.48. The van der Waals surface area contributed by atoms with Crippen molar-refractivity contribution in [2.24, 2.45) is 0 Å². The quantitative estimate of drug-likeness (QED) is 0.343. The second-order valence-electron chi connectivity index (χ2n) is 6.84. The van der Waals surface area contributed by atoms with Crippen molar-refractivity contribution in [2.75, 3.05) is 7.11 Å². The van der Waals surface area contributed by atoms with Gasteiger partial charge in [-0.25, -0.2) is 13.8 Å². The molecule has 1 aromatic heterocycles. The molecule has 0 unspecified atom stereocenters. The number of methoxy groups -OCH3 is 1. The van der Waals surface area contributed by atoms with Gasteiger partial charge in [-0.15, -0.1) is 0 Å². The molecule has 3 aromatic carbocycles. The number of hydrogen-bond donors (Lipinski definition) is 1. The van der Waals surface area contributed by atoms with Crippen molar-refractivity contribution < 1.29 is 18.3 Å². The highest BCUT2D eigenvalue weighted by atomic mass is 79.9. The van der Waals surface area contributed by atoms with Gasteiger partial charge < -0.3 is 14.5 Å². The van der Waals surface area contributed by atoms with Crippen molar-refractivity contribution in [3.63, 3.8) is 0 Å². The first-order valence-corrected chi connectivity index (χ1v) is 10.3. The highest BCUT2D eigenvalue weighted by Crippen LogP contribution is 2.33. The molecular weight excluding hydrogens is 480 g/mol. The molecule has 8 heteroatoms. The van der Waals surface area contributed by atoms with Gasteiger partial charge in [0.2, 0.25) is 0 Å². The molecule has 0 radical (unpaired) electrons. The molecule has 0 atom stereocenters. The minimum absolute atomic E-state index is 0.205. The third-order valence-corrected chi connectivity index (χ3v) is 5.31. The predicted octanol–water partition coefficient (Wildman–Crippen LogP) is 6.24. The molecule has 1 N–H and O–H groups in total. The number of rotatable bonds is 6. The van der Waals surface area contributed by atoms with Crippen molar-refractivity contribution in [3.8, 4) is 40.2 Å². The van der Waals surface area contributed by atoms with E-state index >= 15 is 0 Å². The Morgan fingerprint density at radius 2 is 1.81 bits per heavy atom. The summed E-state index contributed by atoms with van der Waals surface area (Å²) < 4.78 is 38.9. The van der Waals surface area contributed by atoms with E-state index in [1.54, 1.807) is 24.4 Å². The molecule has 4 aromatic rings. The van der Waals surface area contributed by atoms with Gasteiger partial charge in [0.05, 0.1) is 30.6 Å². The number of benzene rings is 3. The molecule has 5 nitrogen and oxygen atoms in total. The third kappa shape index (κ3) is 4.48. The number of halogens is 3. The van der Waals surface area contributed by atoms with Gasteiger partial charge in [-0.2, -0.15) is 5.26 Å². The van der Waals surface area contributed by atoms with Crippen LogP contribution in [-0.2, 0) is 6.61 Å². The third-order valence-electron chi connectivity index (χ3n) is 4.82. The van der Waals surface area contributed by atoms with Crippen LogP contribution in [0.5, 0.6) is 11.5 Å². The maximum Gasteiger partial charge on any atom is 0.161 e. The summed E-state index contributed by atoms with van der Waals surface area (Å²) in [4.78, 5) is 7.37. The number of hydrogen-bond acceptors (Lipinski definition) is 4. The Balaban J connectivity index is 1.56. The zero-order valence-electron chi connectivity index (χ0n) is 16.8. The number of imidazole rings is 1. The summed E-state index contributed by atoms with van der Waals surface area (Å²) in [5.41, 5.74) is 3.17. The lowest BCUT2D eigenvalue weighted by molar-refractivity contribution is 0.284. The van der Waals surface area contributed by atoms with Crippen molar-refractivity contribution in [3.05, 3.63) is 88.0 Å². The first-order chi connectivity index (χ1) is 15.5. The maximum atomic E-state index is 13.5. The Morgan fingerprint density at radius 3 is 2.56 bits per heavy atom. The summed E-state index contributed by atoms with van der Waals surface area (Å²) in [6, 6.07) is 16.5. The molecule has 0 fully saturated rings. The van der Waals surface area contributed by atoms with Crippen LogP contribution in [0.15, 0.2) is 65.3 Å². The van der Waals surface area contributed by atoms with E-state index in [0.717, 1.165) is 27.7 Å². The van der Waals surface area contributed by atoms with E-state index in [2.05, 4.69) is 32.0 Å². The van der Waals surface area contributed by atoms with E-state index in [9.17, 15) is 14.0 Å². The van der Waals surface area contributed by atoms with E-state index in [0.29, 0.717) is 34.1 Å². The maximum absolute atomic E-state index is 13.5. The number of aromatic amines is 1. The second-order valence-corrected chi connectivity index (χ2v) is 7.76. The van der Waals surface area contributed by atoms with Crippen LogP contribution in [0, 0.1) is 23.0 Å². The van der Waals surface area contributed by atoms with Crippen LogP contribution >= 0.6 is 15.9 Å². The number of nitrogens with one attached hydrogen (secondary N) is 1. The lowest BCUT2D eigenvalue weighted by Crippen LogP contribution is -2.00. The summed E-state index contributed by atoms with van der Waals surface area (Å²) in [6.45, 7) is 0.205. The Bertz CT molecular complexity index is 1330. The molecule has 0 aliphatic rings. The Morgan fingerprint density at radius 1 is 1.00 bits per heavy atom. The molecule has 0 aliphatic carbocycles. The zero-order valence-corrected chi connectivity index (χ0v) is 18.4. The van der Waals surface area contributed by atoms with Gasteiger partial charge in [0.1, 0.15) is 12.4 Å². The molecule has 0 aliphatic heterocycles. The SMILES string of the molecule is COc1cc(-c2cnc(-c3ccc(F)c(F)c3)[nH]2)ccc1OCc1ccc(Br)cc1C#N. The zero-order chi connectivity index (χ0) is 22.7. The predicted molar refractivity (Wildman–Crippen MR) is 119 cm³/mol. The van der Waals surface area contributed by atoms with Gasteiger partial charge in [0.15, 0.2) is 23.1 Å². The molecule has 0 amide bonds. The number of aromatic nitrogens is 2. The summed E-state index contributed by atoms with van der Waals surface area (Å²) in [5, 5.41) is 9.32. The topological polar surface area (TPSA) is 70.9 Å². The molecular formula is C24H16BrF2N3O2. The lowest BCUT2D eigenvalue weighted by Gasteiger charge is -2.13. The monoisotopic (exact) mass is 495 g/mol. The van der Waals surface area contributed by atoms with Gasteiger partial charge in [-0.05, 0) is 48.5 Å². The standard InChI is InChI=1S/C24H16BrF2N3O2/c1-31-23-10-14(21-12-29-24(30-21)15-3-6-19(26)20(27)9-15)4-7-22(23)32-13-16-2-5-18(25)8-17(16)11-28/h2-10,12H,13H2,1H3,(H,29,30). The van der Waals surface area contributed by atoms with Crippen LogP contribution in [0.1, 0.15) is 11.1 Å². The number of H-pyrrole nitrogens is 1. The van der Waals surface area contributed by atoms with Crippen molar-refractivity contribution in [2.45, 2.75) is 6.61 Å². The summed E-state index contributed by atoms with van der Waals surface area (Å²) in [7, 11) is 1.53. The van der Waals surface area contributed by atoms with Crippen molar-refractivity contribution in [1.82, 2.24) is 9.97 Å². The van der Waals surface area contributed by atoms with Crippen LogP contribution in [0.3, 0.4) is 0 Å². The highest BCUT2D eigenvalue weighted by Gasteiger charge is 2.12. The summed E-state index contributed by atoms with van der Waals surface area (Å²) in [5.74, 6) is -0.414. The summed E-state index contributed by atoms with van der Waals surface area (Å²) >= 11 is 3.35. The van der Waals surface area contributed by atoms with Gasteiger partial charge >= 0.3 is 0 Å². The molecule has 0 saturated heterocycles. The molecule has 32 heavy (non-hydrogen) atoms. The lowest BCUT2D eigenvalue weighted by atomic mass is 10.1. The van der Waals surface area contributed by atoms with E-state index in [1.165, 1.54) is 13.2 Å². The number of nitriles is 1. The van der Waals surface area contributed by atoms with Gasteiger partial charge in [0.25, 0.3) is 0 Å². The second kappa shape index (κ2) is 9.20. The summed E-state index contributed by atoms with van der Waals surface area (Å²) in [6.07, 6.45) is 1.60. The van der Waals surface area contributed by atoms with Crippen molar-refractivity contribution in [1.29, 1.82) is 5.26 Å². The fourth-order valence-corrected chi connectivity index (χ4v) is 3.51. The van der Waals surface area contributed by atoms with Gasteiger partial charge in [0, 0.05) is 21.2 Å². The average molecular weight is 496 g/mol. The molecule has 0 bridgehead atoms. The normalized spacial score (nSPS) is 10.6. The number of ether oxygens (including phenoxy) is 2. The van der Waals surface area contributed by atoms with Gasteiger partial charge in [-0.1, -0.05) is 22.0 Å². The van der Waals surface area contributed by atoms with E-state index in [1.807, 2.05) is 18.2 Å². The molecule has 4 rings (SSSR count). The largest absolute Gasteiger partial charge is 0.493 e. The molecule has 0 spiro atoms. The molecule has 160 valence electrons. The van der Waals surface area contributed by atoms with E-state index in [4.69, 9.17) is 9.47 Å². The van der Waals surface area contributed by atoms with Crippen molar-refractivity contribution >= 4 is 15.9 Å². The van der Waals surface area contributed by atoms with Crippen LogP contribution in [0.2, 0.25) is 0 Å². The minimum atomic E-state index is -0.936.